The van der Waals surface area contributed by atoms with E-state index in [1.54, 1.807) is 31.4 Å². The fourth-order valence-electron chi connectivity index (χ4n) is 2.05. The third kappa shape index (κ3) is 6.18. The third-order valence-corrected chi connectivity index (χ3v) is 3.40. The maximum atomic E-state index is 11.8. The van der Waals surface area contributed by atoms with Gasteiger partial charge < -0.3 is 19.5 Å². The van der Waals surface area contributed by atoms with Gasteiger partial charge in [0.1, 0.15) is 11.5 Å². The highest BCUT2D eigenvalue weighted by Gasteiger charge is 2.09. The number of rotatable bonds is 8. The van der Waals surface area contributed by atoms with Gasteiger partial charge in [-0.05, 0) is 42.8 Å². The Balaban J connectivity index is 1.66. The summed E-state index contributed by atoms with van der Waals surface area (Å²) in [5, 5.41) is 2.64. The number of ether oxygens (including phenoxy) is 3. The second kappa shape index (κ2) is 9.32. The van der Waals surface area contributed by atoms with Crippen molar-refractivity contribution in [3.63, 3.8) is 0 Å². The number of carbonyl (C=O) groups is 2. The molecule has 132 valence electrons. The molecule has 0 saturated carbocycles. The number of aryl methyl sites for hydroxylation is 1. The molecular formula is C19H21NO5. The van der Waals surface area contributed by atoms with Gasteiger partial charge in [-0.15, -0.1) is 0 Å². The van der Waals surface area contributed by atoms with Gasteiger partial charge in [0, 0.05) is 5.69 Å². The number of carbonyl (C=O) groups excluding carboxylic acids is 2. The molecule has 0 unspecified atom stereocenters. The zero-order valence-electron chi connectivity index (χ0n) is 14.3. The Hall–Kier alpha value is -3.02. The highest BCUT2D eigenvalue weighted by atomic mass is 16.5. The summed E-state index contributed by atoms with van der Waals surface area (Å²) < 4.78 is 15.5. The molecule has 0 aliphatic heterocycles. The molecule has 25 heavy (non-hydrogen) atoms. The summed E-state index contributed by atoms with van der Waals surface area (Å²) in [4.78, 5) is 23.4. The van der Waals surface area contributed by atoms with Crippen LogP contribution in [0.5, 0.6) is 11.5 Å². The maximum absolute atomic E-state index is 11.8. The summed E-state index contributed by atoms with van der Waals surface area (Å²) in [6, 6.07) is 14.4. The van der Waals surface area contributed by atoms with Gasteiger partial charge in [0.05, 0.1) is 20.1 Å². The van der Waals surface area contributed by atoms with Crippen molar-refractivity contribution in [3.05, 3.63) is 54.1 Å². The van der Waals surface area contributed by atoms with E-state index >= 15 is 0 Å². The summed E-state index contributed by atoms with van der Waals surface area (Å²) in [6.45, 7) is 1.79. The van der Waals surface area contributed by atoms with E-state index in [0.717, 1.165) is 11.3 Å². The second-order valence-electron chi connectivity index (χ2n) is 5.30. The van der Waals surface area contributed by atoms with Crippen LogP contribution < -0.4 is 14.8 Å². The molecule has 6 nitrogen and oxygen atoms in total. The van der Waals surface area contributed by atoms with Gasteiger partial charge in [-0.3, -0.25) is 9.59 Å². The van der Waals surface area contributed by atoms with Gasteiger partial charge in [0.25, 0.3) is 5.91 Å². The number of para-hydroxylation sites is 1. The first-order valence-corrected chi connectivity index (χ1v) is 7.86. The van der Waals surface area contributed by atoms with Crippen LogP contribution in [0.1, 0.15) is 12.0 Å². The molecule has 1 N–H and O–H groups in total. The summed E-state index contributed by atoms with van der Waals surface area (Å²) in [5.74, 6) is 0.530. The Labute approximate surface area is 146 Å². The SMILES string of the molecule is COc1ccc(NC(=O)COC(=O)CCOc2ccccc2C)cc1. The van der Waals surface area contributed by atoms with Crippen molar-refractivity contribution in [3.8, 4) is 11.5 Å². The normalized spacial score (nSPS) is 10.0. The number of methoxy groups -OCH3 is 1. The van der Waals surface area contributed by atoms with Crippen molar-refractivity contribution in [1.82, 2.24) is 0 Å². The standard InChI is InChI=1S/C19H21NO5/c1-14-5-3-4-6-17(14)24-12-11-19(22)25-13-18(21)20-15-7-9-16(23-2)10-8-15/h3-10H,11-13H2,1-2H3,(H,20,21). The molecular weight excluding hydrogens is 322 g/mol. The van der Waals surface area contributed by atoms with Crippen molar-refractivity contribution in [2.75, 3.05) is 25.6 Å². The highest BCUT2D eigenvalue weighted by molar-refractivity contribution is 5.92. The third-order valence-electron chi connectivity index (χ3n) is 3.40. The van der Waals surface area contributed by atoms with Crippen LogP contribution in [0.15, 0.2) is 48.5 Å². The lowest BCUT2D eigenvalue weighted by atomic mass is 10.2. The fourth-order valence-corrected chi connectivity index (χ4v) is 2.05. The molecule has 0 aromatic heterocycles. The molecule has 0 bridgehead atoms. The van der Waals surface area contributed by atoms with E-state index in [1.165, 1.54) is 0 Å². The molecule has 0 saturated heterocycles. The van der Waals surface area contributed by atoms with Crippen LogP contribution in [0.25, 0.3) is 0 Å². The lowest BCUT2D eigenvalue weighted by Gasteiger charge is -2.09. The van der Waals surface area contributed by atoms with Crippen molar-refractivity contribution >= 4 is 17.6 Å². The van der Waals surface area contributed by atoms with E-state index in [2.05, 4.69) is 5.32 Å². The molecule has 6 heteroatoms. The van der Waals surface area contributed by atoms with E-state index in [-0.39, 0.29) is 19.6 Å². The number of nitrogens with one attached hydrogen (secondary N) is 1. The van der Waals surface area contributed by atoms with Gasteiger partial charge in [-0.2, -0.15) is 0 Å². The Kier molecular flexibility index (Phi) is 6.83. The molecule has 0 aliphatic carbocycles. The molecule has 0 aliphatic rings. The van der Waals surface area contributed by atoms with Crippen molar-refractivity contribution in [1.29, 1.82) is 0 Å². The number of hydrogen-bond acceptors (Lipinski definition) is 5. The highest BCUT2D eigenvalue weighted by Crippen LogP contribution is 2.16. The molecule has 0 heterocycles. The van der Waals surface area contributed by atoms with Crippen LogP contribution in [0.3, 0.4) is 0 Å². The van der Waals surface area contributed by atoms with E-state index in [1.807, 2.05) is 31.2 Å². The summed E-state index contributed by atoms with van der Waals surface area (Å²) in [5.41, 5.74) is 1.60. The average molecular weight is 343 g/mol. The lowest BCUT2D eigenvalue weighted by molar-refractivity contribution is -0.147. The summed E-state index contributed by atoms with van der Waals surface area (Å²) >= 11 is 0. The summed E-state index contributed by atoms with van der Waals surface area (Å²) in [6.07, 6.45) is 0.0736. The topological polar surface area (TPSA) is 73.9 Å². The Bertz CT molecular complexity index is 712. The minimum absolute atomic E-state index is 0.0736. The monoisotopic (exact) mass is 343 g/mol. The first-order valence-electron chi connectivity index (χ1n) is 7.86. The molecule has 0 atom stereocenters. The first kappa shape index (κ1) is 18.3. The van der Waals surface area contributed by atoms with Crippen LogP contribution in [-0.4, -0.2) is 32.2 Å². The molecule has 2 aromatic rings. The average Bonchev–Trinajstić information content (AvgIpc) is 2.62. The van der Waals surface area contributed by atoms with E-state index in [9.17, 15) is 9.59 Å². The number of hydrogen-bond donors (Lipinski definition) is 1. The van der Waals surface area contributed by atoms with Crippen LogP contribution >= 0.6 is 0 Å². The Morgan fingerprint density at radius 1 is 1.04 bits per heavy atom. The number of esters is 1. The molecule has 1 amide bonds. The van der Waals surface area contributed by atoms with Gasteiger partial charge in [0.15, 0.2) is 6.61 Å². The molecule has 0 fully saturated rings. The first-order chi connectivity index (χ1) is 12.1. The zero-order valence-corrected chi connectivity index (χ0v) is 14.3. The maximum Gasteiger partial charge on any atom is 0.309 e. The van der Waals surface area contributed by atoms with Crippen LogP contribution in [0.2, 0.25) is 0 Å². The Morgan fingerprint density at radius 3 is 2.44 bits per heavy atom. The van der Waals surface area contributed by atoms with Gasteiger partial charge in [-0.25, -0.2) is 0 Å². The smallest absolute Gasteiger partial charge is 0.309 e. The van der Waals surface area contributed by atoms with Crippen LogP contribution in [-0.2, 0) is 14.3 Å². The minimum atomic E-state index is -0.488. The van der Waals surface area contributed by atoms with Gasteiger partial charge >= 0.3 is 5.97 Å². The predicted octanol–water partition coefficient (Wildman–Crippen LogP) is 2.95. The minimum Gasteiger partial charge on any atom is -0.497 e. The van der Waals surface area contributed by atoms with Gasteiger partial charge in [0.2, 0.25) is 0 Å². The molecule has 2 rings (SSSR count). The van der Waals surface area contributed by atoms with Crippen molar-refractivity contribution in [2.24, 2.45) is 0 Å². The number of anilines is 1. The van der Waals surface area contributed by atoms with E-state index in [4.69, 9.17) is 14.2 Å². The molecule has 0 spiro atoms. The number of benzene rings is 2. The van der Waals surface area contributed by atoms with Crippen LogP contribution in [0, 0.1) is 6.92 Å². The predicted molar refractivity (Wildman–Crippen MR) is 93.9 cm³/mol. The second-order valence-corrected chi connectivity index (χ2v) is 5.30. The summed E-state index contributed by atoms with van der Waals surface area (Å²) in [7, 11) is 1.57. The lowest BCUT2D eigenvalue weighted by Crippen LogP contribution is -2.21. The fraction of sp³-hybridized carbons (Fsp3) is 0.263. The molecule has 0 radical (unpaired) electrons. The van der Waals surface area contributed by atoms with E-state index < -0.39 is 11.9 Å². The van der Waals surface area contributed by atoms with Crippen molar-refractivity contribution < 1.29 is 23.8 Å². The Morgan fingerprint density at radius 2 is 1.76 bits per heavy atom. The zero-order chi connectivity index (χ0) is 18.1. The largest absolute Gasteiger partial charge is 0.497 e. The van der Waals surface area contributed by atoms with Crippen molar-refractivity contribution in [2.45, 2.75) is 13.3 Å². The quantitative estimate of drug-likeness (QED) is 0.746. The number of amides is 1. The van der Waals surface area contributed by atoms with Gasteiger partial charge in [-0.1, -0.05) is 18.2 Å². The van der Waals surface area contributed by atoms with E-state index in [0.29, 0.717) is 11.4 Å². The van der Waals surface area contributed by atoms with Crippen LogP contribution in [0.4, 0.5) is 5.69 Å². The molecule has 2 aromatic carbocycles.